The molecule has 2 aliphatic rings. The molecule has 13 heteroatoms. The van der Waals surface area contributed by atoms with Crippen molar-refractivity contribution in [2.75, 3.05) is 10.2 Å². The summed E-state index contributed by atoms with van der Waals surface area (Å²) in [5.74, 6) is -2.82. The molecule has 0 bridgehead atoms. The minimum atomic E-state index is -0.882. The highest BCUT2D eigenvalue weighted by Crippen LogP contribution is 2.54. The number of halogens is 1. The number of thiazole rings is 1. The van der Waals surface area contributed by atoms with E-state index < -0.39 is 39.7 Å². The topological polar surface area (TPSA) is 132 Å². The van der Waals surface area contributed by atoms with Crippen LogP contribution in [-0.2, 0) is 20.9 Å². The van der Waals surface area contributed by atoms with Crippen LogP contribution in [0.5, 0.6) is 0 Å². The Morgan fingerprint density at radius 3 is 2.40 bits per heavy atom. The molecule has 1 fully saturated rings. The number of carbonyl (C=O) groups is 3. The van der Waals surface area contributed by atoms with Crippen molar-refractivity contribution in [3.05, 3.63) is 126 Å². The summed E-state index contributed by atoms with van der Waals surface area (Å²) in [6.45, 7) is -0.276. The SMILES string of the molecule is O=C(Cn1c2c(sc1=O)[C@@H](c1cccc(Br)c1)[C@@H]1C(=O)N(c3ccc([N+](=O)[O-])cc3)C(=O)[C@@H]1S2)Nc1ccc2ccccc2c1. The number of nitro benzene ring substituents is 1. The van der Waals surface area contributed by atoms with Gasteiger partial charge in [0.15, 0.2) is 0 Å². The molecule has 0 saturated carbocycles. The number of thioether (sulfide) groups is 1. The van der Waals surface area contributed by atoms with E-state index in [1.165, 1.54) is 28.8 Å². The van der Waals surface area contributed by atoms with Crippen molar-refractivity contribution in [3.8, 4) is 0 Å². The molecule has 0 aliphatic carbocycles. The van der Waals surface area contributed by atoms with E-state index in [2.05, 4.69) is 21.2 Å². The lowest BCUT2D eigenvalue weighted by Crippen LogP contribution is -2.33. The lowest BCUT2D eigenvalue weighted by atomic mass is 9.83. The second-order valence-electron chi connectivity index (χ2n) is 10.6. The van der Waals surface area contributed by atoms with E-state index in [9.17, 15) is 29.3 Å². The zero-order valence-electron chi connectivity index (χ0n) is 23.1. The number of rotatable bonds is 6. The number of carbonyl (C=O) groups excluding carboxylic acids is 3. The number of fused-ring (bicyclic) bond motifs is 3. The number of imide groups is 1. The first-order chi connectivity index (χ1) is 21.7. The Morgan fingerprint density at radius 2 is 1.67 bits per heavy atom. The molecule has 1 aromatic heterocycles. The van der Waals surface area contributed by atoms with E-state index in [-0.39, 0.29) is 22.8 Å². The Labute approximate surface area is 271 Å². The number of amides is 3. The number of anilines is 2. The van der Waals surface area contributed by atoms with Crippen LogP contribution >= 0.6 is 39.0 Å². The molecule has 1 N–H and O–H groups in total. The molecule has 224 valence electrons. The van der Waals surface area contributed by atoms with E-state index in [0.29, 0.717) is 15.6 Å². The third-order valence-electron chi connectivity index (χ3n) is 7.91. The number of nitro groups is 1. The minimum Gasteiger partial charge on any atom is -0.325 e. The molecule has 0 radical (unpaired) electrons. The van der Waals surface area contributed by atoms with E-state index >= 15 is 0 Å². The summed E-state index contributed by atoms with van der Waals surface area (Å²) in [6.07, 6.45) is 0. The van der Waals surface area contributed by atoms with Gasteiger partial charge in [0.25, 0.3) is 5.69 Å². The van der Waals surface area contributed by atoms with Crippen LogP contribution in [0.25, 0.3) is 10.8 Å². The Morgan fingerprint density at radius 1 is 0.911 bits per heavy atom. The van der Waals surface area contributed by atoms with E-state index in [1.54, 1.807) is 6.07 Å². The first kappa shape index (κ1) is 29.1. The van der Waals surface area contributed by atoms with Gasteiger partial charge in [-0.2, -0.15) is 0 Å². The largest absolute Gasteiger partial charge is 0.325 e. The van der Waals surface area contributed by atoms with E-state index in [1.807, 2.05) is 60.7 Å². The normalized spacial score (nSPS) is 19.0. The van der Waals surface area contributed by atoms with Gasteiger partial charge in [-0.1, -0.05) is 81.5 Å². The van der Waals surface area contributed by atoms with Crippen molar-refractivity contribution >= 4 is 84.6 Å². The van der Waals surface area contributed by atoms with Gasteiger partial charge < -0.3 is 5.32 Å². The van der Waals surface area contributed by atoms with Crippen molar-refractivity contribution in [1.82, 2.24) is 4.57 Å². The average Bonchev–Trinajstić information content (AvgIpc) is 3.47. The first-order valence-electron chi connectivity index (χ1n) is 13.8. The van der Waals surface area contributed by atoms with Gasteiger partial charge in [-0.25, -0.2) is 4.90 Å². The van der Waals surface area contributed by atoms with Gasteiger partial charge in [0.2, 0.25) is 17.7 Å². The standard InChI is InChI=1S/C32H21BrN4O6S2/c33-20-7-3-6-19(14-20)25-26-27(30(40)36(29(26)39)22-10-12-23(13-11-22)37(42)43)44-31-28(25)45-32(41)35(31)16-24(38)34-21-9-8-17-4-1-2-5-18(17)15-21/h1-15,25-27H,16H2,(H,34,38)/t25-,26-,27+/m0/s1. The fraction of sp³-hybridized carbons (Fsp3) is 0.125. The lowest BCUT2D eigenvalue weighted by Gasteiger charge is -2.30. The van der Waals surface area contributed by atoms with Gasteiger partial charge in [0.1, 0.15) is 11.8 Å². The van der Waals surface area contributed by atoms with Crippen LogP contribution in [0.15, 0.2) is 105 Å². The molecule has 10 nitrogen and oxygen atoms in total. The van der Waals surface area contributed by atoms with E-state index in [0.717, 1.165) is 48.8 Å². The van der Waals surface area contributed by atoms with Gasteiger partial charge >= 0.3 is 4.87 Å². The molecule has 0 unspecified atom stereocenters. The number of aromatic nitrogens is 1. The summed E-state index contributed by atoms with van der Waals surface area (Å²) in [5, 5.41) is 15.6. The molecule has 0 spiro atoms. The highest BCUT2D eigenvalue weighted by Gasteiger charge is 2.56. The van der Waals surface area contributed by atoms with Crippen LogP contribution < -0.4 is 15.1 Å². The van der Waals surface area contributed by atoms with Crippen molar-refractivity contribution in [3.63, 3.8) is 0 Å². The molecule has 2 aliphatic heterocycles. The highest BCUT2D eigenvalue weighted by molar-refractivity contribution is 9.10. The molecule has 4 aromatic carbocycles. The maximum absolute atomic E-state index is 14.0. The van der Waals surface area contributed by atoms with Crippen molar-refractivity contribution in [2.24, 2.45) is 5.92 Å². The smallest absolute Gasteiger partial charge is 0.308 e. The van der Waals surface area contributed by atoms with Gasteiger partial charge in [-0.05, 0) is 52.7 Å². The number of hydrogen-bond donors (Lipinski definition) is 1. The van der Waals surface area contributed by atoms with Crippen LogP contribution in [0.2, 0.25) is 0 Å². The zero-order chi connectivity index (χ0) is 31.4. The van der Waals surface area contributed by atoms with Crippen LogP contribution in [0, 0.1) is 16.0 Å². The lowest BCUT2D eigenvalue weighted by molar-refractivity contribution is -0.384. The summed E-state index contributed by atoms with van der Waals surface area (Å²) in [6, 6.07) is 26.0. The van der Waals surface area contributed by atoms with Gasteiger partial charge in [-0.3, -0.25) is 33.9 Å². The summed E-state index contributed by atoms with van der Waals surface area (Å²) >= 11 is 5.57. The second kappa shape index (κ2) is 11.4. The van der Waals surface area contributed by atoms with Crippen molar-refractivity contribution in [1.29, 1.82) is 0 Å². The molecule has 1 saturated heterocycles. The van der Waals surface area contributed by atoms with Crippen LogP contribution in [0.1, 0.15) is 16.4 Å². The Bertz CT molecular complexity index is 2110. The van der Waals surface area contributed by atoms with Gasteiger partial charge in [0.05, 0.1) is 21.6 Å². The summed E-state index contributed by atoms with van der Waals surface area (Å²) < 4.78 is 2.14. The maximum atomic E-state index is 14.0. The van der Waals surface area contributed by atoms with Gasteiger partial charge in [-0.15, -0.1) is 0 Å². The van der Waals surface area contributed by atoms with Crippen LogP contribution in [0.3, 0.4) is 0 Å². The number of nitrogens with one attached hydrogen (secondary N) is 1. The third kappa shape index (κ3) is 5.16. The molecule has 3 atom stereocenters. The predicted octanol–water partition coefficient (Wildman–Crippen LogP) is 6.17. The predicted molar refractivity (Wildman–Crippen MR) is 176 cm³/mol. The minimum absolute atomic E-state index is 0.162. The molecule has 3 heterocycles. The number of hydrogen-bond acceptors (Lipinski definition) is 8. The highest BCUT2D eigenvalue weighted by atomic mass is 79.9. The molecule has 5 aromatic rings. The first-order valence-corrected chi connectivity index (χ1v) is 16.2. The zero-order valence-corrected chi connectivity index (χ0v) is 26.3. The quantitative estimate of drug-likeness (QED) is 0.127. The summed E-state index contributed by atoms with van der Waals surface area (Å²) in [7, 11) is 0. The molecular formula is C32H21BrN4O6S2. The Kier molecular flexibility index (Phi) is 7.38. The molecule has 45 heavy (non-hydrogen) atoms. The van der Waals surface area contributed by atoms with Crippen LogP contribution in [0.4, 0.5) is 17.1 Å². The molecular weight excluding hydrogens is 680 g/mol. The Balaban J connectivity index is 1.25. The average molecular weight is 702 g/mol. The fourth-order valence-corrected chi connectivity index (χ4v) is 9.09. The molecule has 7 rings (SSSR count). The maximum Gasteiger partial charge on any atom is 0.308 e. The van der Waals surface area contributed by atoms with E-state index in [4.69, 9.17) is 0 Å². The third-order valence-corrected chi connectivity index (χ3v) is 11.0. The second-order valence-corrected chi connectivity index (χ2v) is 13.7. The number of non-ortho nitro benzene ring substituents is 1. The fourth-order valence-electron chi connectivity index (χ4n) is 5.90. The Hall–Kier alpha value is -4.59. The number of benzene rings is 4. The monoisotopic (exact) mass is 700 g/mol. The van der Waals surface area contributed by atoms with Crippen molar-refractivity contribution in [2.45, 2.75) is 22.7 Å². The summed E-state index contributed by atoms with van der Waals surface area (Å²) in [5.41, 5.74) is 1.39. The van der Waals surface area contributed by atoms with Crippen molar-refractivity contribution < 1.29 is 19.3 Å². The van der Waals surface area contributed by atoms with Crippen LogP contribution in [-0.4, -0.2) is 32.5 Å². The number of nitrogens with zero attached hydrogens (tertiary/aromatic N) is 3. The molecule has 3 amide bonds. The summed E-state index contributed by atoms with van der Waals surface area (Å²) in [4.78, 5) is 66.5. The van der Waals surface area contributed by atoms with Gasteiger partial charge in [0, 0.05) is 33.1 Å².